The van der Waals surface area contributed by atoms with E-state index >= 15 is 0 Å². The quantitative estimate of drug-likeness (QED) is 0.0839. The van der Waals surface area contributed by atoms with Crippen molar-refractivity contribution in [3.8, 4) is 29.7 Å². The van der Waals surface area contributed by atoms with Crippen molar-refractivity contribution >= 4 is 51.6 Å². The van der Waals surface area contributed by atoms with Gasteiger partial charge in [0.15, 0.2) is 5.75 Å². The molecule has 14 heteroatoms. The molecule has 5 aromatic rings. The summed E-state index contributed by atoms with van der Waals surface area (Å²) in [6.45, 7) is 11.8. The van der Waals surface area contributed by atoms with Gasteiger partial charge in [0.05, 0.1) is 37.3 Å². The molecule has 0 bridgehead atoms. The third kappa shape index (κ3) is 9.99. The predicted octanol–water partition coefficient (Wildman–Crippen LogP) is 6.91. The molecule has 58 heavy (non-hydrogen) atoms. The summed E-state index contributed by atoms with van der Waals surface area (Å²) in [5, 5.41) is 16.1. The maximum atomic E-state index is 13.5. The molecule has 4 aromatic carbocycles. The van der Waals surface area contributed by atoms with Crippen LogP contribution < -0.4 is 36.1 Å². The molecule has 1 saturated heterocycles. The minimum atomic E-state index is -0.533. The van der Waals surface area contributed by atoms with E-state index in [1.54, 1.807) is 61.8 Å². The summed E-state index contributed by atoms with van der Waals surface area (Å²) in [5.41, 5.74) is 3.16. The van der Waals surface area contributed by atoms with E-state index in [1.807, 2.05) is 52.0 Å². The molecular formula is C44H48N8O6. The Morgan fingerprint density at radius 2 is 1.69 bits per heavy atom. The first kappa shape index (κ1) is 41.0. The standard InChI is InChI=1S/C44H48N8O6/c1-8-28-21-29(40(53)47-27(2)26-52-17-19-57-20-18-52)23-31(22-28)48-42-46-16-15-38(51-42)58-37-14-13-35(32-11-9-10-12-33(32)37)49-43(55)50-36-25-30(44(3,4)5)24-34(39(36)56-7)41(54)45-6/h1,9-16,21-25,27H,17-20,26H2,2-7H3,(H,45,54)(H,47,53)(H,46,48,51)(H2,49,50,55)/t27-/m0/s1. The zero-order chi connectivity index (χ0) is 41.4. The Balaban J connectivity index is 1.18. The number of nitrogens with zero attached hydrogens (tertiary/aromatic N) is 3. The Morgan fingerprint density at radius 1 is 0.948 bits per heavy atom. The van der Waals surface area contributed by atoms with E-state index < -0.39 is 6.03 Å². The van der Waals surface area contributed by atoms with Crippen LogP contribution in [-0.2, 0) is 10.2 Å². The number of ether oxygens (including phenoxy) is 3. The highest BCUT2D eigenvalue weighted by molar-refractivity contribution is 6.09. The lowest BCUT2D eigenvalue weighted by molar-refractivity contribution is 0.0342. The van der Waals surface area contributed by atoms with Crippen molar-refractivity contribution in [2.45, 2.75) is 39.2 Å². The van der Waals surface area contributed by atoms with Crippen LogP contribution >= 0.6 is 0 Å². The first-order valence-electron chi connectivity index (χ1n) is 18.9. The number of nitrogens with one attached hydrogen (secondary N) is 5. The van der Waals surface area contributed by atoms with Crippen LogP contribution in [0.1, 0.15) is 59.5 Å². The van der Waals surface area contributed by atoms with Crippen molar-refractivity contribution in [1.29, 1.82) is 0 Å². The van der Waals surface area contributed by atoms with Gasteiger partial charge in [-0.05, 0) is 60.4 Å². The fourth-order valence-electron chi connectivity index (χ4n) is 6.56. The van der Waals surface area contributed by atoms with E-state index in [0.717, 1.165) is 18.7 Å². The van der Waals surface area contributed by atoms with Crippen molar-refractivity contribution in [3.05, 3.63) is 101 Å². The third-order valence-corrected chi connectivity index (χ3v) is 9.49. The topological polar surface area (TPSA) is 168 Å². The molecule has 300 valence electrons. The number of methoxy groups -OCH3 is 1. The van der Waals surface area contributed by atoms with E-state index in [-0.39, 0.29) is 40.8 Å². The van der Waals surface area contributed by atoms with Gasteiger partial charge in [-0.2, -0.15) is 4.98 Å². The van der Waals surface area contributed by atoms with Gasteiger partial charge in [-0.25, -0.2) is 9.78 Å². The molecule has 0 aliphatic carbocycles. The van der Waals surface area contributed by atoms with Gasteiger partial charge < -0.3 is 40.8 Å². The van der Waals surface area contributed by atoms with Crippen molar-refractivity contribution in [2.24, 2.45) is 0 Å². The van der Waals surface area contributed by atoms with Crippen LogP contribution in [0.5, 0.6) is 17.4 Å². The number of urea groups is 1. The van der Waals surface area contributed by atoms with Gasteiger partial charge in [0.1, 0.15) is 5.75 Å². The number of aromatic nitrogens is 2. The van der Waals surface area contributed by atoms with Gasteiger partial charge >= 0.3 is 6.03 Å². The Morgan fingerprint density at radius 3 is 2.40 bits per heavy atom. The number of hydrogen-bond acceptors (Lipinski definition) is 10. The number of rotatable bonds is 12. The van der Waals surface area contributed by atoms with Crippen LogP contribution in [0.15, 0.2) is 79.0 Å². The number of carbonyl (C=O) groups excluding carboxylic acids is 3. The SMILES string of the molecule is C#Cc1cc(Nc2nccc(Oc3ccc(NC(=O)Nc4cc(C(C)(C)C)cc(C(=O)NC)c4OC)c4ccccc34)n2)cc(C(=O)N[C@@H](C)CN2CCOCC2)c1. The molecule has 0 radical (unpaired) electrons. The highest BCUT2D eigenvalue weighted by atomic mass is 16.5. The molecule has 1 aliphatic heterocycles. The van der Waals surface area contributed by atoms with E-state index in [2.05, 4.69) is 47.4 Å². The first-order valence-corrected chi connectivity index (χ1v) is 18.9. The van der Waals surface area contributed by atoms with Crippen LogP contribution in [-0.4, -0.2) is 85.8 Å². The average Bonchev–Trinajstić information content (AvgIpc) is 3.21. The van der Waals surface area contributed by atoms with Crippen molar-refractivity contribution in [2.75, 3.05) is 63.0 Å². The summed E-state index contributed by atoms with van der Waals surface area (Å²) in [6.07, 6.45) is 7.31. The van der Waals surface area contributed by atoms with Gasteiger partial charge in [-0.3, -0.25) is 14.5 Å². The molecule has 0 saturated carbocycles. The van der Waals surface area contributed by atoms with Gasteiger partial charge in [0.25, 0.3) is 11.8 Å². The molecule has 1 aliphatic rings. The number of hydrogen-bond donors (Lipinski definition) is 5. The second-order valence-electron chi connectivity index (χ2n) is 14.8. The summed E-state index contributed by atoms with van der Waals surface area (Å²) >= 11 is 0. The molecule has 0 unspecified atom stereocenters. The predicted molar refractivity (Wildman–Crippen MR) is 226 cm³/mol. The number of amides is 4. The summed E-state index contributed by atoms with van der Waals surface area (Å²) in [6, 6.07) is 20.6. The minimum absolute atomic E-state index is 0.0862. The van der Waals surface area contributed by atoms with E-state index in [4.69, 9.17) is 20.6 Å². The highest BCUT2D eigenvalue weighted by Crippen LogP contribution is 2.37. The van der Waals surface area contributed by atoms with Gasteiger partial charge in [-0.15, -0.1) is 6.42 Å². The van der Waals surface area contributed by atoms with Crippen LogP contribution in [0.3, 0.4) is 0 Å². The number of carbonyl (C=O) groups is 3. The monoisotopic (exact) mass is 784 g/mol. The maximum Gasteiger partial charge on any atom is 0.323 e. The molecule has 1 aromatic heterocycles. The zero-order valence-corrected chi connectivity index (χ0v) is 33.5. The first-order chi connectivity index (χ1) is 27.8. The number of fused-ring (bicyclic) bond motifs is 1. The second kappa shape index (κ2) is 18.1. The number of morpholine rings is 1. The zero-order valence-electron chi connectivity index (χ0n) is 33.5. The molecule has 0 spiro atoms. The average molecular weight is 785 g/mol. The molecule has 14 nitrogen and oxygen atoms in total. The number of terminal acetylenes is 1. The Labute approximate surface area is 338 Å². The van der Waals surface area contributed by atoms with Crippen molar-refractivity contribution in [3.63, 3.8) is 0 Å². The molecule has 2 heterocycles. The Hall–Kier alpha value is -6.69. The second-order valence-corrected chi connectivity index (χ2v) is 14.8. The lowest BCUT2D eigenvalue weighted by Gasteiger charge is -2.29. The van der Waals surface area contributed by atoms with Crippen LogP contribution in [0.2, 0.25) is 0 Å². The normalized spacial score (nSPS) is 13.5. The lowest BCUT2D eigenvalue weighted by atomic mass is 9.85. The Bertz CT molecular complexity index is 2360. The van der Waals surface area contributed by atoms with Crippen LogP contribution in [0.4, 0.5) is 27.8 Å². The summed E-state index contributed by atoms with van der Waals surface area (Å²) in [4.78, 5) is 50.8. The van der Waals surface area contributed by atoms with E-state index in [1.165, 1.54) is 7.11 Å². The lowest BCUT2D eigenvalue weighted by Crippen LogP contribution is -2.46. The fraction of sp³-hybridized carbons (Fsp3) is 0.295. The van der Waals surface area contributed by atoms with Crippen LogP contribution in [0.25, 0.3) is 10.8 Å². The molecule has 1 fully saturated rings. The largest absolute Gasteiger partial charge is 0.494 e. The van der Waals surface area contributed by atoms with Gasteiger partial charge in [0.2, 0.25) is 11.8 Å². The van der Waals surface area contributed by atoms with Gasteiger partial charge in [0, 0.05) is 72.6 Å². The van der Waals surface area contributed by atoms with Crippen LogP contribution in [0, 0.1) is 12.3 Å². The number of benzene rings is 4. The Kier molecular flexibility index (Phi) is 12.8. The molecular weight excluding hydrogens is 737 g/mol. The number of anilines is 4. The van der Waals surface area contributed by atoms with E-state index in [9.17, 15) is 14.4 Å². The van der Waals surface area contributed by atoms with Crippen molar-refractivity contribution < 1.29 is 28.6 Å². The summed E-state index contributed by atoms with van der Waals surface area (Å²) < 4.78 is 17.3. The van der Waals surface area contributed by atoms with Gasteiger partial charge in [-0.1, -0.05) is 51.0 Å². The third-order valence-electron chi connectivity index (χ3n) is 9.49. The summed E-state index contributed by atoms with van der Waals surface area (Å²) in [5.74, 6) is 3.25. The maximum absolute atomic E-state index is 13.5. The molecule has 5 N–H and O–H groups in total. The summed E-state index contributed by atoms with van der Waals surface area (Å²) in [7, 11) is 2.99. The molecule has 4 amide bonds. The minimum Gasteiger partial charge on any atom is -0.494 e. The molecule has 6 rings (SSSR count). The highest BCUT2D eigenvalue weighted by Gasteiger charge is 2.24. The smallest absolute Gasteiger partial charge is 0.323 e. The molecule has 1 atom stereocenters. The fourth-order valence-corrected chi connectivity index (χ4v) is 6.56. The van der Waals surface area contributed by atoms with E-state index in [0.29, 0.717) is 70.0 Å². The van der Waals surface area contributed by atoms with Crippen molar-refractivity contribution in [1.82, 2.24) is 25.5 Å².